The van der Waals surface area contributed by atoms with Gasteiger partial charge >= 0.3 is 0 Å². The van der Waals surface area contributed by atoms with E-state index in [4.69, 9.17) is 10.2 Å². The van der Waals surface area contributed by atoms with Gasteiger partial charge in [-0.3, -0.25) is 4.18 Å². The normalized spacial score (nSPS) is 12.2. The number of likely N-dealkylation sites (N-methyl/N-ethyl adjacent to an activating group) is 1. The second-order valence-electron chi connectivity index (χ2n) is 8.75. The number of aliphatic hydroxyl groups is 2. The van der Waals surface area contributed by atoms with E-state index in [9.17, 15) is 13.0 Å². The molecular weight excluding hydrogens is 430 g/mol. The van der Waals surface area contributed by atoms with Gasteiger partial charge < -0.3 is 19.2 Å². The van der Waals surface area contributed by atoms with Crippen LogP contribution < -0.4 is 0 Å². The minimum absolute atomic E-state index is 0.211. The van der Waals surface area contributed by atoms with Gasteiger partial charge in [0.15, 0.2) is 0 Å². The topological polar surface area (TPSA) is 107 Å². The van der Waals surface area contributed by atoms with Crippen molar-refractivity contribution < 1.29 is 31.8 Å². The fourth-order valence-electron chi connectivity index (χ4n) is 3.56. The van der Waals surface area contributed by atoms with Crippen LogP contribution in [-0.2, 0) is 14.6 Å². The first-order chi connectivity index (χ1) is 15.2. The van der Waals surface area contributed by atoms with Gasteiger partial charge in [0, 0.05) is 0 Å². The van der Waals surface area contributed by atoms with E-state index in [1.54, 1.807) is 0 Å². The smallest absolute Gasteiger partial charge is 0.217 e. The maximum atomic E-state index is 9.22. The van der Waals surface area contributed by atoms with Gasteiger partial charge in [-0.1, -0.05) is 70.4 Å². The highest BCUT2D eigenvalue weighted by molar-refractivity contribution is 7.80. The number of unbranched alkanes of at least 4 members (excludes halogenated alkanes) is 12. The van der Waals surface area contributed by atoms with Gasteiger partial charge in [0.25, 0.3) is 0 Å². The maximum absolute atomic E-state index is 9.22. The third-order valence-electron chi connectivity index (χ3n) is 5.69. The SMILES string of the molecule is CCCCCCCC/C=C/CCCCCCCC[N+](C)(CCO)CCO.COS(=O)(=O)[O-]. The third-order valence-corrected chi connectivity index (χ3v) is 6.10. The summed E-state index contributed by atoms with van der Waals surface area (Å²) >= 11 is 0. The molecule has 0 aliphatic rings. The lowest BCUT2D eigenvalue weighted by atomic mass is 10.1. The Labute approximate surface area is 198 Å². The van der Waals surface area contributed by atoms with Crippen LogP contribution in [0.25, 0.3) is 0 Å². The molecule has 0 rings (SSSR count). The minimum Gasteiger partial charge on any atom is -0.726 e. The first kappa shape index (κ1) is 33.7. The number of hydrogen-bond donors (Lipinski definition) is 2. The van der Waals surface area contributed by atoms with E-state index in [1.807, 2.05) is 0 Å². The Balaban J connectivity index is 0. The molecule has 2 N–H and O–H groups in total. The van der Waals surface area contributed by atoms with Crippen molar-refractivity contribution in [1.82, 2.24) is 0 Å². The molecule has 0 aromatic carbocycles. The summed E-state index contributed by atoms with van der Waals surface area (Å²) in [6, 6.07) is 0. The predicted molar refractivity (Wildman–Crippen MR) is 131 cm³/mol. The van der Waals surface area contributed by atoms with Crippen molar-refractivity contribution in [2.75, 3.05) is 47.0 Å². The molecule has 0 amide bonds. The summed E-state index contributed by atoms with van der Waals surface area (Å²) < 4.78 is 31.8. The molecule has 0 fully saturated rings. The van der Waals surface area contributed by atoms with Gasteiger partial charge in [-0.05, 0) is 38.5 Å². The highest BCUT2D eigenvalue weighted by Gasteiger charge is 2.19. The highest BCUT2D eigenvalue weighted by Crippen LogP contribution is 2.11. The molecule has 0 unspecified atom stereocenters. The number of quaternary nitrogens is 1. The molecule has 194 valence electrons. The summed E-state index contributed by atoms with van der Waals surface area (Å²) in [6.07, 6.45) is 23.5. The van der Waals surface area contributed by atoms with Crippen LogP contribution in [0.4, 0.5) is 0 Å². The fourth-order valence-corrected chi connectivity index (χ4v) is 3.56. The lowest BCUT2D eigenvalue weighted by Gasteiger charge is -2.33. The molecule has 0 saturated heterocycles. The molecule has 0 spiro atoms. The van der Waals surface area contributed by atoms with Crippen molar-refractivity contribution in [3.63, 3.8) is 0 Å². The van der Waals surface area contributed by atoms with E-state index < -0.39 is 10.4 Å². The quantitative estimate of drug-likeness (QED) is 0.0819. The number of allylic oxidation sites excluding steroid dienone is 2. The molecule has 0 radical (unpaired) electrons. The maximum Gasteiger partial charge on any atom is 0.217 e. The zero-order chi connectivity index (χ0) is 24.6. The van der Waals surface area contributed by atoms with Gasteiger partial charge in [0.2, 0.25) is 10.4 Å². The Morgan fingerprint density at radius 3 is 1.50 bits per heavy atom. The Morgan fingerprint density at radius 1 is 0.750 bits per heavy atom. The Kier molecular flexibility index (Phi) is 24.9. The van der Waals surface area contributed by atoms with Crippen LogP contribution in [0, 0.1) is 0 Å². The fraction of sp³-hybridized carbons (Fsp3) is 0.917. The van der Waals surface area contributed by atoms with Crippen LogP contribution in [-0.4, -0.2) is 74.7 Å². The molecule has 0 saturated carbocycles. The number of aliphatic hydroxyl groups excluding tert-OH is 2. The summed E-state index contributed by atoms with van der Waals surface area (Å²) in [7, 11) is -1.46. The predicted octanol–water partition coefficient (Wildman–Crippen LogP) is 4.55. The standard InChI is InChI=1S/C23H48NO2.CH4O4S/c1-3-4-5-6-7-8-9-10-11-12-13-14-15-16-17-18-19-24(2,20-22-25)21-23-26;1-5-6(2,3)4/h10-11,25-26H,3-9,12-23H2,1-2H3;1H3,(H,2,3,4)/q+1;/p-1/b11-10+;. The number of rotatable bonds is 21. The van der Waals surface area contributed by atoms with E-state index in [1.165, 1.54) is 89.9 Å². The van der Waals surface area contributed by atoms with E-state index >= 15 is 0 Å². The molecule has 0 aliphatic heterocycles. The number of hydrogen-bond acceptors (Lipinski definition) is 6. The summed E-state index contributed by atoms with van der Waals surface area (Å²) in [5, 5.41) is 18.3. The zero-order valence-electron chi connectivity index (χ0n) is 21.0. The molecule has 0 heterocycles. The summed E-state index contributed by atoms with van der Waals surface area (Å²) in [5.41, 5.74) is 0. The largest absolute Gasteiger partial charge is 0.726 e. The van der Waals surface area contributed by atoms with Gasteiger partial charge in [-0.2, -0.15) is 0 Å². The molecule has 0 aromatic heterocycles. The van der Waals surface area contributed by atoms with Crippen LogP contribution in [0.15, 0.2) is 12.2 Å². The van der Waals surface area contributed by atoms with Gasteiger partial charge in [-0.25, -0.2) is 8.42 Å². The molecule has 32 heavy (non-hydrogen) atoms. The summed E-state index contributed by atoms with van der Waals surface area (Å²) in [6.45, 7) is 5.28. The molecule has 0 aliphatic carbocycles. The second-order valence-corrected chi connectivity index (χ2v) is 9.90. The summed E-state index contributed by atoms with van der Waals surface area (Å²) in [5.74, 6) is 0. The van der Waals surface area contributed by atoms with Crippen LogP contribution in [0.5, 0.6) is 0 Å². The molecule has 0 aromatic rings. The Morgan fingerprint density at radius 2 is 1.12 bits per heavy atom. The van der Waals surface area contributed by atoms with Crippen molar-refractivity contribution in [2.45, 2.75) is 96.8 Å². The van der Waals surface area contributed by atoms with E-state index in [2.05, 4.69) is 30.3 Å². The molecule has 8 heteroatoms. The van der Waals surface area contributed by atoms with E-state index in [0.717, 1.165) is 31.2 Å². The highest BCUT2D eigenvalue weighted by atomic mass is 32.3. The van der Waals surface area contributed by atoms with Crippen LogP contribution in [0.3, 0.4) is 0 Å². The van der Waals surface area contributed by atoms with Crippen molar-refractivity contribution in [3.8, 4) is 0 Å². The first-order valence-corrected chi connectivity index (χ1v) is 13.8. The zero-order valence-corrected chi connectivity index (χ0v) is 21.8. The van der Waals surface area contributed by atoms with E-state index in [-0.39, 0.29) is 13.2 Å². The van der Waals surface area contributed by atoms with Gasteiger partial charge in [0.1, 0.15) is 13.1 Å². The molecule has 0 atom stereocenters. The average Bonchev–Trinajstić information content (AvgIpc) is 2.74. The van der Waals surface area contributed by atoms with Crippen molar-refractivity contribution in [3.05, 3.63) is 12.2 Å². The first-order valence-electron chi connectivity index (χ1n) is 12.5. The average molecular weight is 482 g/mol. The molecular formula is C24H51NO6S. The number of nitrogens with zero attached hydrogens (tertiary/aromatic N) is 1. The molecule has 0 bridgehead atoms. The Bertz CT molecular complexity index is 505. The van der Waals surface area contributed by atoms with E-state index in [0.29, 0.717) is 0 Å². The third kappa shape index (κ3) is 27.5. The van der Waals surface area contributed by atoms with Gasteiger partial charge in [0.05, 0.1) is 33.9 Å². The lowest BCUT2D eigenvalue weighted by molar-refractivity contribution is -0.910. The molecule has 7 nitrogen and oxygen atoms in total. The van der Waals surface area contributed by atoms with Crippen LogP contribution >= 0.6 is 0 Å². The van der Waals surface area contributed by atoms with Crippen LogP contribution in [0.2, 0.25) is 0 Å². The second kappa shape index (κ2) is 23.6. The monoisotopic (exact) mass is 481 g/mol. The lowest BCUT2D eigenvalue weighted by Crippen LogP contribution is -2.48. The van der Waals surface area contributed by atoms with Crippen molar-refractivity contribution in [1.29, 1.82) is 0 Å². The minimum atomic E-state index is -4.41. The van der Waals surface area contributed by atoms with Gasteiger partial charge in [-0.15, -0.1) is 0 Å². The van der Waals surface area contributed by atoms with Crippen molar-refractivity contribution in [2.24, 2.45) is 0 Å². The van der Waals surface area contributed by atoms with Crippen LogP contribution in [0.1, 0.15) is 96.8 Å². The van der Waals surface area contributed by atoms with Crippen molar-refractivity contribution >= 4 is 10.4 Å². The summed E-state index contributed by atoms with van der Waals surface area (Å²) in [4.78, 5) is 0. The Hall–Kier alpha value is -0.510.